The van der Waals surface area contributed by atoms with Crippen molar-refractivity contribution in [1.82, 2.24) is 9.97 Å². The van der Waals surface area contributed by atoms with Crippen LogP contribution in [0.15, 0.2) is 45.3 Å². The molecule has 1 aliphatic heterocycles. The van der Waals surface area contributed by atoms with E-state index in [0.29, 0.717) is 10.6 Å². The number of rotatable bonds is 3. The topological polar surface area (TPSA) is 127 Å². The Kier molecular flexibility index (Phi) is 4.37. The molecule has 9 heteroatoms. The molecule has 0 spiro atoms. The number of ether oxygens (including phenoxy) is 2. The number of carbonyl (C=O) groups is 1. The maximum Gasteiger partial charge on any atom is 0.340 e. The zero-order valence-electron chi connectivity index (χ0n) is 13.1. The van der Waals surface area contributed by atoms with Gasteiger partial charge < -0.3 is 15.2 Å². The molecule has 1 aromatic heterocycles. The summed E-state index contributed by atoms with van der Waals surface area (Å²) in [5.74, 6) is -2.00. The Morgan fingerprint density at radius 1 is 1.36 bits per heavy atom. The Morgan fingerprint density at radius 3 is 2.80 bits per heavy atom. The van der Waals surface area contributed by atoms with Crippen molar-refractivity contribution in [2.45, 2.75) is 12.8 Å². The van der Waals surface area contributed by atoms with E-state index in [1.807, 2.05) is 0 Å². The fourth-order valence-corrected chi connectivity index (χ4v) is 2.91. The molecule has 2 heterocycles. The van der Waals surface area contributed by atoms with Crippen molar-refractivity contribution >= 4 is 17.6 Å². The highest BCUT2D eigenvalue weighted by Gasteiger charge is 2.38. The Labute approximate surface area is 146 Å². The van der Waals surface area contributed by atoms with Gasteiger partial charge in [0.15, 0.2) is 0 Å². The van der Waals surface area contributed by atoms with Gasteiger partial charge in [-0.3, -0.25) is 14.8 Å². The van der Waals surface area contributed by atoms with E-state index in [-0.39, 0.29) is 29.5 Å². The standard InChI is InChI=1S/C16H14ClN3O5/c1-2-24-15(22)10-9(7-4-3-5-8(17)6-7)11-13(21)19-16(23)20-14(11)25-12(10)18/h3-6,9H,2,18H2,1H3,(H2,19,20,21,23)/t9-/m0/s1. The van der Waals surface area contributed by atoms with Crippen LogP contribution in [0, 0.1) is 0 Å². The van der Waals surface area contributed by atoms with Gasteiger partial charge in [-0.1, -0.05) is 23.7 Å². The highest BCUT2D eigenvalue weighted by Crippen LogP contribution is 2.39. The fraction of sp³-hybridized carbons (Fsp3) is 0.188. The first-order valence-corrected chi connectivity index (χ1v) is 7.76. The van der Waals surface area contributed by atoms with Gasteiger partial charge in [-0.15, -0.1) is 0 Å². The van der Waals surface area contributed by atoms with Gasteiger partial charge in [0.1, 0.15) is 5.57 Å². The molecule has 2 aromatic rings. The number of benzene rings is 1. The third-order valence-corrected chi connectivity index (χ3v) is 3.91. The molecule has 1 aromatic carbocycles. The fourth-order valence-electron chi connectivity index (χ4n) is 2.72. The summed E-state index contributed by atoms with van der Waals surface area (Å²) in [6, 6.07) is 6.60. The Bertz CT molecular complexity index is 992. The van der Waals surface area contributed by atoms with Gasteiger partial charge in [-0.25, -0.2) is 9.59 Å². The lowest BCUT2D eigenvalue weighted by Gasteiger charge is -2.27. The number of hydrogen-bond donors (Lipinski definition) is 3. The second-order valence-corrected chi connectivity index (χ2v) is 5.68. The van der Waals surface area contributed by atoms with Gasteiger partial charge in [0.2, 0.25) is 11.8 Å². The number of carbonyl (C=O) groups excluding carboxylic acids is 1. The molecule has 25 heavy (non-hydrogen) atoms. The van der Waals surface area contributed by atoms with Crippen LogP contribution in [0.25, 0.3) is 0 Å². The summed E-state index contributed by atoms with van der Waals surface area (Å²) in [5, 5.41) is 0.410. The molecular weight excluding hydrogens is 350 g/mol. The van der Waals surface area contributed by atoms with Gasteiger partial charge >= 0.3 is 11.7 Å². The van der Waals surface area contributed by atoms with Crippen molar-refractivity contribution in [3.05, 3.63) is 72.7 Å². The molecule has 0 aliphatic carbocycles. The number of nitrogens with two attached hydrogens (primary N) is 1. The van der Waals surface area contributed by atoms with Crippen LogP contribution in [0.4, 0.5) is 0 Å². The minimum absolute atomic E-state index is 0.0332. The van der Waals surface area contributed by atoms with Crippen LogP contribution in [-0.2, 0) is 9.53 Å². The third kappa shape index (κ3) is 3.03. The Hall–Kier alpha value is -3.00. The van der Waals surface area contributed by atoms with Gasteiger partial charge in [-0.2, -0.15) is 0 Å². The van der Waals surface area contributed by atoms with Gasteiger partial charge in [-0.05, 0) is 24.6 Å². The van der Waals surface area contributed by atoms with E-state index >= 15 is 0 Å². The van der Waals surface area contributed by atoms with Crippen molar-refractivity contribution in [2.75, 3.05) is 6.61 Å². The van der Waals surface area contributed by atoms with Crippen LogP contribution in [0.2, 0.25) is 5.02 Å². The van der Waals surface area contributed by atoms with Crippen molar-refractivity contribution in [3.8, 4) is 5.88 Å². The molecule has 4 N–H and O–H groups in total. The number of halogens is 1. The van der Waals surface area contributed by atoms with Gasteiger partial charge in [0.05, 0.1) is 18.1 Å². The number of fused-ring (bicyclic) bond motifs is 1. The van der Waals surface area contributed by atoms with Crippen LogP contribution in [0.5, 0.6) is 5.88 Å². The predicted octanol–water partition coefficient (Wildman–Crippen LogP) is 0.974. The molecule has 0 radical (unpaired) electrons. The first-order valence-electron chi connectivity index (χ1n) is 7.39. The van der Waals surface area contributed by atoms with E-state index in [0.717, 1.165) is 0 Å². The number of aromatic amines is 2. The van der Waals surface area contributed by atoms with Gasteiger partial charge in [0, 0.05) is 5.02 Å². The SMILES string of the molecule is CCOC(=O)C1=C(N)Oc2[nH]c(=O)[nH]c(=O)c2[C@H]1c1cccc(Cl)c1. The number of aromatic nitrogens is 2. The van der Waals surface area contributed by atoms with Crippen molar-refractivity contribution in [2.24, 2.45) is 5.73 Å². The largest absolute Gasteiger partial charge is 0.462 e. The zero-order chi connectivity index (χ0) is 18.1. The molecule has 130 valence electrons. The summed E-state index contributed by atoms with van der Waals surface area (Å²) < 4.78 is 10.3. The maximum atomic E-state index is 12.4. The summed E-state index contributed by atoms with van der Waals surface area (Å²) in [6.07, 6.45) is 0. The molecule has 0 saturated carbocycles. The summed E-state index contributed by atoms with van der Waals surface area (Å²) in [4.78, 5) is 40.8. The molecule has 3 rings (SSSR count). The van der Waals surface area contributed by atoms with E-state index in [1.165, 1.54) is 0 Å². The van der Waals surface area contributed by atoms with Crippen LogP contribution in [-0.4, -0.2) is 22.5 Å². The lowest BCUT2D eigenvalue weighted by molar-refractivity contribution is -0.139. The predicted molar refractivity (Wildman–Crippen MR) is 89.5 cm³/mol. The summed E-state index contributed by atoms with van der Waals surface area (Å²) in [6.45, 7) is 1.76. The minimum atomic E-state index is -0.901. The average molecular weight is 364 g/mol. The number of esters is 1. The lowest BCUT2D eigenvalue weighted by Crippen LogP contribution is -2.35. The molecule has 0 bridgehead atoms. The highest BCUT2D eigenvalue weighted by atomic mass is 35.5. The van der Waals surface area contributed by atoms with E-state index in [4.69, 9.17) is 26.8 Å². The molecule has 8 nitrogen and oxygen atoms in total. The van der Waals surface area contributed by atoms with Crippen LogP contribution in [0.1, 0.15) is 24.0 Å². The monoisotopic (exact) mass is 363 g/mol. The second kappa shape index (κ2) is 6.48. The average Bonchev–Trinajstić information content (AvgIpc) is 2.53. The van der Waals surface area contributed by atoms with Crippen molar-refractivity contribution in [3.63, 3.8) is 0 Å². The number of hydrogen-bond acceptors (Lipinski definition) is 6. The van der Waals surface area contributed by atoms with E-state index in [2.05, 4.69) is 9.97 Å². The maximum absolute atomic E-state index is 12.4. The van der Waals surface area contributed by atoms with E-state index in [9.17, 15) is 14.4 Å². The van der Waals surface area contributed by atoms with Crippen LogP contribution < -0.4 is 21.7 Å². The zero-order valence-corrected chi connectivity index (χ0v) is 13.8. The smallest absolute Gasteiger partial charge is 0.340 e. The Morgan fingerprint density at radius 2 is 2.12 bits per heavy atom. The molecule has 1 aliphatic rings. The lowest BCUT2D eigenvalue weighted by atomic mass is 9.84. The first-order chi connectivity index (χ1) is 11.9. The summed E-state index contributed by atoms with van der Waals surface area (Å²) in [5.41, 5.74) is 4.97. The summed E-state index contributed by atoms with van der Waals surface area (Å²) in [7, 11) is 0. The number of nitrogens with one attached hydrogen (secondary N) is 2. The first kappa shape index (κ1) is 16.8. The molecule has 0 amide bonds. The third-order valence-electron chi connectivity index (χ3n) is 3.68. The highest BCUT2D eigenvalue weighted by molar-refractivity contribution is 6.30. The summed E-state index contributed by atoms with van der Waals surface area (Å²) >= 11 is 6.04. The van der Waals surface area contributed by atoms with E-state index < -0.39 is 23.1 Å². The van der Waals surface area contributed by atoms with Crippen LogP contribution >= 0.6 is 11.6 Å². The van der Waals surface area contributed by atoms with Gasteiger partial charge in [0.25, 0.3) is 5.56 Å². The molecule has 1 atom stereocenters. The van der Waals surface area contributed by atoms with Crippen molar-refractivity contribution in [1.29, 1.82) is 0 Å². The Balaban J connectivity index is 2.30. The van der Waals surface area contributed by atoms with E-state index in [1.54, 1.807) is 31.2 Å². The van der Waals surface area contributed by atoms with Crippen LogP contribution in [0.3, 0.4) is 0 Å². The molecule has 0 unspecified atom stereocenters. The van der Waals surface area contributed by atoms with Crippen molar-refractivity contribution < 1.29 is 14.3 Å². The molecule has 0 saturated heterocycles. The quantitative estimate of drug-likeness (QED) is 0.697. The normalized spacial score (nSPS) is 16.2. The second-order valence-electron chi connectivity index (χ2n) is 5.24. The number of H-pyrrole nitrogens is 2. The molecular formula is C16H14ClN3O5. The minimum Gasteiger partial charge on any atom is -0.462 e. The molecule has 0 fully saturated rings.